The lowest BCUT2D eigenvalue weighted by atomic mass is 10.1. The van der Waals surface area contributed by atoms with Gasteiger partial charge < -0.3 is 0 Å². The normalized spacial score (nSPS) is 11.1. The summed E-state index contributed by atoms with van der Waals surface area (Å²) >= 11 is 0. The fourth-order valence-electron chi connectivity index (χ4n) is 0.897. The molecule has 0 aliphatic carbocycles. The molecule has 0 fully saturated rings. The molecule has 0 unspecified atom stereocenters. The SMILES string of the molecule is CC/C=C(\C)CCCC#N. The van der Waals surface area contributed by atoms with Crippen LogP contribution in [0.15, 0.2) is 11.6 Å². The van der Waals surface area contributed by atoms with Gasteiger partial charge in [0.25, 0.3) is 0 Å². The lowest BCUT2D eigenvalue weighted by Crippen LogP contribution is -1.76. The molecule has 0 bridgehead atoms. The maximum absolute atomic E-state index is 8.24. The first-order valence-electron chi connectivity index (χ1n) is 3.83. The van der Waals surface area contributed by atoms with Gasteiger partial charge in [-0.05, 0) is 26.2 Å². The molecule has 1 heteroatoms. The van der Waals surface area contributed by atoms with E-state index in [1.54, 1.807) is 0 Å². The van der Waals surface area contributed by atoms with E-state index in [-0.39, 0.29) is 0 Å². The highest BCUT2D eigenvalue weighted by Gasteiger charge is 1.87. The van der Waals surface area contributed by atoms with Gasteiger partial charge in [0.05, 0.1) is 6.07 Å². The van der Waals surface area contributed by atoms with E-state index in [9.17, 15) is 0 Å². The van der Waals surface area contributed by atoms with Crippen LogP contribution in [0.4, 0.5) is 0 Å². The van der Waals surface area contributed by atoms with E-state index < -0.39 is 0 Å². The zero-order valence-electron chi connectivity index (χ0n) is 6.85. The summed E-state index contributed by atoms with van der Waals surface area (Å²) in [6.07, 6.45) is 6.12. The molecule has 0 atom stereocenters. The number of rotatable bonds is 4. The molecule has 10 heavy (non-hydrogen) atoms. The van der Waals surface area contributed by atoms with E-state index in [1.807, 2.05) is 0 Å². The Morgan fingerprint density at radius 3 is 2.80 bits per heavy atom. The second kappa shape index (κ2) is 6.35. The third-order valence-corrected chi connectivity index (χ3v) is 1.41. The fourth-order valence-corrected chi connectivity index (χ4v) is 0.897. The van der Waals surface area contributed by atoms with Crippen LogP contribution in [0.1, 0.15) is 39.5 Å². The molecule has 0 amide bonds. The van der Waals surface area contributed by atoms with Crippen molar-refractivity contribution in [3.63, 3.8) is 0 Å². The smallest absolute Gasteiger partial charge is 0.0621 e. The van der Waals surface area contributed by atoms with Crippen molar-refractivity contribution >= 4 is 0 Å². The van der Waals surface area contributed by atoms with Gasteiger partial charge in [0.15, 0.2) is 0 Å². The van der Waals surface area contributed by atoms with Crippen LogP contribution in [0.5, 0.6) is 0 Å². The number of hydrogen-bond donors (Lipinski definition) is 0. The highest BCUT2D eigenvalue weighted by Crippen LogP contribution is 2.06. The molecule has 0 spiro atoms. The third-order valence-electron chi connectivity index (χ3n) is 1.41. The van der Waals surface area contributed by atoms with Crippen LogP contribution >= 0.6 is 0 Å². The topological polar surface area (TPSA) is 23.8 Å². The number of allylic oxidation sites excluding steroid dienone is 2. The maximum Gasteiger partial charge on any atom is 0.0621 e. The first-order valence-corrected chi connectivity index (χ1v) is 3.83. The van der Waals surface area contributed by atoms with Crippen molar-refractivity contribution in [2.75, 3.05) is 0 Å². The molecule has 0 radical (unpaired) electrons. The van der Waals surface area contributed by atoms with E-state index in [1.165, 1.54) is 5.57 Å². The van der Waals surface area contributed by atoms with Gasteiger partial charge in [0, 0.05) is 6.42 Å². The lowest BCUT2D eigenvalue weighted by Gasteiger charge is -1.95. The van der Waals surface area contributed by atoms with Gasteiger partial charge in [-0.2, -0.15) is 5.26 Å². The molecule has 0 aromatic rings. The van der Waals surface area contributed by atoms with Crippen molar-refractivity contribution in [1.82, 2.24) is 0 Å². The van der Waals surface area contributed by atoms with Gasteiger partial charge in [-0.1, -0.05) is 18.6 Å². The Bertz CT molecular complexity index is 139. The van der Waals surface area contributed by atoms with E-state index >= 15 is 0 Å². The van der Waals surface area contributed by atoms with Crippen LogP contribution in [0.3, 0.4) is 0 Å². The van der Waals surface area contributed by atoms with E-state index in [0.717, 1.165) is 19.3 Å². The minimum atomic E-state index is 0.689. The predicted molar refractivity (Wildman–Crippen MR) is 43.5 cm³/mol. The Hall–Kier alpha value is -0.770. The summed E-state index contributed by atoms with van der Waals surface area (Å²) in [5, 5.41) is 8.24. The molecule has 0 aromatic heterocycles. The van der Waals surface area contributed by atoms with Crippen molar-refractivity contribution in [1.29, 1.82) is 5.26 Å². The zero-order valence-corrected chi connectivity index (χ0v) is 6.85. The molecule has 0 saturated heterocycles. The van der Waals surface area contributed by atoms with Gasteiger partial charge in [-0.25, -0.2) is 0 Å². The predicted octanol–water partition coefficient (Wildman–Crippen LogP) is 3.04. The van der Waals surface area contributed by atoms with Crippen molar-refractivity contribution in [2.45, 2.75) is 39.5 Å². The first-order chi connectivity index (χ1) is 4.81. The lowest BCUT2D eigenvalue weighted by molar-refractivity contribution is 0.834. The van der Waals surface area contributed by atoms with Crippen molar-refractivity contribution in [3.8, 4) is 6.07 Å². The molecule has 1 nitrogen and oxygen atoms in total. The largest absolute Gasteiger partial charge is 0.198 e. The van der Waals surface area contributed by atoms with Gasteiger partial charge in [0.2, 0.25) is 0 Å². The van der Waals surface area contributed by atoms with Gasteiger partial charge >= 0.3 is 0 Å². The van der Waals surface area contributed by atoms with Gasteiger partial charge in [-0.3, -0.25) is 0 Å². The minimum absolute atomic E-state index is 0.689. The summed E-state index contributed by atoms with van der Waals surface area (Å²) in [6, 6.07) is 2.14. The van der Waals surface area contributed by atoms with E-state index in [0.29, 0.717) is 6.42 Å². The second-order valence-electron chi connectivity index (χ2n) is 2.47. The average molecular weight is 137 g/mol. The number of nitriles is 1. The van der Waals surface area contributed by atoms with Crippen LogP contribution in [-0.2, 0) is 0 Å². The van der Waals surface area contributed by atoms with Crippen LogP contribution < -0.4 is 0 Å². The number of nitrogens with zero attached hydrogens (tertiary/aromatic N) is 1. The standard InChI is InChI=1S/C9H15N/c1-3-6-9(2)7-4-5-8-10/h6H,3-5,7H2,1-2H3/b9-6+. The molecule has 0 aliphatic rings. The average Bonchev–Trinajstić information content (AvgIpc) is 1.89. The monoisotopic (exact) mass is 137 g/mol. The second-order valence-corrected chi connectivity index (χ2v) is 2.47. The van der Waals surface area contributed by atoms with Crippen molar-refractivity contribution < 1.29 is 0 Å². The third kappa shape index (κ3) is 5.37. The Balaban J connectivity index is 3.32. The molecular weight excluding hydrogens is 122 g/mol. The number of unbranched alkanes of at least 4 members (excludes halogenated alkanes) is 1. The van der Waals surface area contributed by atoms with E-state index in [4.69, 9.17) is 5.26 Å². The molecular formula is C9H15N. The van der Waals surface area contributed by atoms with Gasteiger partial charge in [0.1, 0.15) is 0 Å². The van der Waals surface area contributed by atoms with Crippen molar-refractivity contribution in [2.24, 2.45) is 0 Å². The molecule has 0 heterocycles. The number of hydrogen-bond acceptors (Lipinski definition) is 1. The van der Waals surface area contributed by atoms with Gasteiger partial charge in [-0.15, -0.1) is 0 Å². The summed E-state index contributed by atoms with van der Waals surface area (Å²) < 4.78 is 0. The molecule has 0 rings (SSSR count). The Morgan fingerprint density at radius 2 is 2.30 bits per heavy atom. The fraction of sp³-hybridized carbons (Fsp3) is 0.667. The van der Waals surface area contributed by atoms with E-state index in [2.05, 4.69) is 26.0 Å². The molecule has 56 valence electrons. The quantitative estimate of drug-likeness (QED) is 0.431. The van der Waals surface area contributed by atoms with Crippen LogP contribution in [0, 0.1) is 11.3 Å². The summed E-state index contributed by atoms with van der Waals surface area (Å²) in [5.74, 6) is 0. The van der Waals surface area contributed by atoms with Crippen molar-refractivity contribution in [3.05, 3.63) is 11.6 Å². The van der Waals surface area contributed by atoms with Crippen LogP contribution in [-0.4, -0.2) is 0 Å². The summed E-state index contributed by atoms with van der Waals surface area (Å²) in [4.78, 5) is 0. The summed E-state index contributed by atoms with van der Waals surface area (Å²) in [5.41, 5.74) is 1.41. The first kappa shape index (κ1) is 9.23. The molecule has 0 N–H and O–H groups in total. The van der Waals surface area contributed by atoms with Crippen LogP contribution in [0.2, 0.25) is 0 Å². The minimum Gasteiger partial charge on any atom is -0.198 e. The Labute approximate surface area is 63.4 Å². The zero-order chi connectivity index (χ0) is 7.82. The van der Waals surface area contributed by atoms with Crippen LogP contribution in [0.25, 0.3) is 0 Å². The summed E-state index contributed by atoms with van der Waals surface area (Å²) in [6.45, 7) is 4.26. The highest BCUT2D eigenvalue weighted by atomic mass is 14.2. The molecule has 0 aromatic carbocycles. The summed E-state index contributed by atoms with van der Waals surface area (Å²) in [7, 11) is 0. The molecule has 0 aliphatic heterocycles. The maximum atomic E-state index is 8.24. The Morgan fingerprint density at radius 1 is 1.60 bits per heavy atom. The molecule has 0 saturated carbocycles. The Kier molecular flexibility index (Phi) is 5.86. The highest BCUT2D eigenvalue weighted by molar-refractivity contribution is 4.97.